The third-order valence-electron chi connectivity index (χ3n) is 3.85. The van der Waals surface area contributed by atoms with Crippen LogP contribution in [0.25, 0.3) is 6.08 Å². The van der Waals surface area contributed by atoms with Gasteiger partial charge in [-0.3, -0.25) is 10.4 Å². The second kappa shape index (κ2) is 7.40. The van der Waals surface area contributed by atoms with Crippen LogP contribution in [0, 0.1) is 14.2 Å². The molecule has 2 heterocycles. The Morgan fingerprint density at radius 1 is 1.08 bits per heavy atom. The Morgan fingerprint density at radius 3 is 2.54 bits per heavy atom. The number of para-hydroxylation sites is 1. The molecule has 0 atom stereocenters. The number of anilines is 2. The van der Waals surface area contributed by atoms with Crippen LogP contribution >= 0.6 is 33.9 Å². The van der Waals surface area contributed by atoms with Gasteiger partial charge in [0.25, 0.3) is 0 Å². The average molecular weight is 471 g/mol. The molecule has 1 aliphatic rings. The molecule has 0 unspecified atom stereocenters. The molecule has 1 aliphatic heterocycles. The van der Waals surface area contributed by atoms with Crippen molar-refractivity contribution in [3.63, 3.8) is 0 Å². The molecule has 0 amide bonds. The van der Waals surface area contributed by atoms with Crippen molar-refractivity contribution in [1.82, 2.24) is 0 Å². The van der Waals surface area contributed by atoms with Gasteiger partial charge in [-0.2, -0.15) is 5.26 Å². The fraction of sp³-hybridized carbons (Fsp3) is 0.0500. The predicted molar refractivity (Wildman–Crippen MR) is 115 cm³/mol. The Labute approximate surface area is 169 Å². The highest BCUT2D eigenvalue weighted by atomic mass is 127. The zero-order valence-corrected chi connectivity index (χ0v) is 16.6. The van der Waals surface area contributed by atoms with E-state index in [1.807, 2.05) is 65.7 Å². The molecule has 2 aromatic carbocycles. The second-order valence-corrected chi connectivity index (χ2v) is 8.65. The van der Waals surface area contributed by atoms with E-state index in [0.717, 1.165) is 33.3 Å². The van der Waals surface area contributed by atoms with Gasteiger partial charge in [0.2, 0.25) is 0 Å². The van der Waals surface area contributed by atoms with E-state index in [2.05, 4.69) is 40.2 Å². The Hall–Kier alpha value is -2.50. The molecule has 0 spiro atoms. The molecule has 6 heteroatoms. The van der Waals surface area contributed by atoms with Crippen LogP contribution in [0.1, 0.15) is 5.56 Å². The highest BCUT2D eigenvalue weighted by Gasteiger charge is 2.21. The minimum atomic E-state index is 0.544. The number of nitrogens with one attached hydrogen (secondary N) is 1. The molecule has 0 fully saturated rings. The number of hydrogen-bond donors (Lipinski definition) is 1. The van der Waals surface area contributed by atoms with Gasteiger partial charge in [-0.1, -0.05) is 18.2 Å². The summed E-state index contributed by atoms with van der Waals surface area (Å²) in [5, 5.41) is 12.4. The summed E-state index contributed by atoms with van der Waals surface area (Å²) in [4.78, 5) is 0. The summed E-state index contributed by atoms with van der Waals surface area (Å²) in [6.45, 7) is 0.544. The maximum absolute atomic E-state index is 9.30. The third-order valence-corrected chi connectivity index (χ3v) is 5.79. The van der Waals surface area contributed by atoms with Crippen LogP contribution in [0.2, 0.25) is 0 Å². The van der Waals surface area contributed by atoms with E-state index in [-0.39, 0.29) is 0 Å². The first kappa shape index (κ1) is 16.9. The molecule has 0 saturated carbocycles. The fourth-order valence-electron chi connectivity index (χ4n) is 2.69. The van der Waals surface area contributed by atoms with Crippen LogP contribution in [-0.2, 0) is 0 Å². The lowest BCUT2D eigenvalue weighted by molar-refractivity contribution is 0.483. The number of hydrazine groups is 1. The Balaban J connectivity index is 1.51. The van der Waals surface area contributed by atoms with Gasteiger partial charge < -0.3 is 4.74 Å². The topological polar surface area (TPSA) is 48.3 Å². The molecule has 26 heavy (non-hydrogen) atoms. The van der Waals surface area contributed by atoms with Crippen molar-refractivity contribution in [1.29, 1.82) is 5.26 Å². The lowest BCUT2D eigenvalue weighted by atomic mass is 10.1. The zero-order valence-electron chi connectivity index (χ0n) is 13.6. The summed E-state index contributed by atoms with van der Waals surface area (Å²) >= 11 is 4.02. The summed E-state index contributed by atoms with van der Waals surface area (Å²) in [5.41, 5.74) is 6.16. The summed E-state index contributed by atoms with van der Waals surface area (Å²) in [6.07, 6.45) is 1.96. The van der Waals surface area contributed by atoms with E-state index in [1.165, 1.54) is 2.88 Å². The molecule has 3 aromatic rings. The summed E-state index contributed by atoms with van der Waals surface area (Å²) in [7, 11) is 0. The maximum atomic E-state index is 9.30. The van der Waals surface area contributed by atoms with Crippen molar-refractivity contribution < 1.29 is 4.74 Å². The van der Waals surface area contributed by atoms with Crippen LogP contribution < -0.4 is 15.2 Å². The van der Waals surface area contributed by atoms with Crippen molar-refractivity contribution in [3.05, 3.63) is 74.7 Å². The van der Waals surface area contributed by atoms with Gasteiger partial charge >= 0.3 is 0 Å². The van der Waals surface area contributed by atoms with E-state index < -0.39 is 0 Å². The van der Waals surface area contributed by atoms with Crippen LogP contribution in [0.15, 0.2) is 66.2 Å². The van der Waals surface area contributed by atoms with Crippen molar-refractivity contribution in [2.75, 3.05) is 17.0 Å². The molecule has 0 aliphatic carbocycles. The van der Waals surface area contributed by atoms with Gasteiger partial charge in [-0.15, -0.1) is 11.3 Å². The largest absolute Gasteiger partial charge is 0.457 e. The highest BCUT2D eigenvalue weighted by molar-refractivity contribution is 14.1. The molecule has 4 rings (SSSR count). The minimum absolute atomic E-state index is 0.544. The highest BCUT2D eigenvalue weighted by Crippen LogP contribution is 2.37. The number of halogens is 1. The fourth-order valence-corrected chi connectivity index (χ4v) is 4.48. The van der Waals surface area contributed by atoms with Crippen molar-refractivity contribution in [3.8, 4) is 17.6 Å². The predicted octanol–water partition coefficient (Wildman–Crippen LogP) is 5.90. The first-order valence-corrected chi connectivity index (χ1v) is 9.88. The number of nitrogens with zero attached hydrogens (tertiary/aromatic N) is 2. The van der Waals surface area contributed by atoms with E-state index in [0.29, 0.717) is 6.54 Å². The van der Waals surface area contributed by atoms with Crippen LogP contribution in [0.4, 0.5) is 10.7 Å². The first-order valence-electron chi connectivity index (χ1n) is 7.98. The smallest absolute Gasteiger partial charge is 0.127 e. The normalized spacial score (nSPS) is 12.8. The third kappa shape index (κ3) is 3.69. The van der Waals surface area contributed by atoms with Crippen molar-refractivity contribution in [2.24, 2.45) is 0 Å². The van der Waals surface area contributed by atoms with Gasteiger partial charge in [0.15, 0.2) is 0 Å². The van der Waals surface area contributed by atoms with E-state index in [9.17, 15) is 5.26 Å². The van der Waals surface area contributed by atoms with Gasteiger partial charge in [-0.25, -0.2) is 0 Å². The standard InChI is InChI=1S/C20H14IN3OS/c21-19-11-15-10-14(12-22)13-24(20(15)26-19)23-16-6-8-18(9-7-16)25-17-4-2-1-3-5-17/h1-11,23H,13H2. The van der Waals surface area contributed by atoms with Crippen LogP contribution in [0.3, 0.4) is 0 Å². The second-order valence-electron chi connectivity index (χ2n) is 5.73. The number of thiophene rings is 1. The molecule has 0 radical (unpaired) electrons. The molecular weight excluding hydrogens is 457 g/mol. The van der Waals surface area contributed by atoms with Gasteiger partial charge in [0.1, 0.15) is 16.5 Å². The average Bonchev–Trinajstić information content (AvgIpc) is 3.04. The van der Waals surface area contributed by atoms with E-state index in [1.54, 1.807) is 11.3 Å². The Bertz CT molecular complexity index is 990. The maximum Gasteiger partial charge on any atom is 0.127 e. The number of ether oxygens (including phenoxy) is 1. The molecule has 1 N–H and O–H groups in total. The summed E-state index contributed by atoms with van der Waals surface area (Å²) in [5.74, 6) is 1.59. The SMILES string of the molecule is N#CC1=Cc2cc(I)sc2N(Nc2ccc(Oc3ccccc3)cc2)C1. The number of hydrogen-bond acceptors (Lipinski definition) is 5. The van der Waals surface area contributed by atoms with Gasteiger partial charge in [-0.05, 0) is 71.1 Å². The van der Waals surface area contributed by atoms with Crippen molar-refractivity contribution >= 4 is 50.7 Å². The minimum Gasteiger partial charge on any atom is -0.457 e. The van der Waals surface area contributed by atoms with Crippen LogP contribution in [0.5, 0.6) is 11.5 Å². The van der Waals surface area contributed by atoms with Crippen molar-refractivity contribution in [2.45, 2.75) is 0 Å². The molecule has 0 saturated heterocycles. The molecule has 128 valence electrons. The van der Waals surface area contributed by atoms with E-state index >= 15 is 0 Å². The van der Waals surface area contributed by atoms with Gasteiger partial charge in [0.05, 0.1) is 26.8 Å². The molecular formula is C20H14IN3OS. The quantitative estimate of drug-likeness (QED) is 0.482. The number of nitriles is 1. The number of fused-ring (bicyclic) bond motifs is 1. The zero-order chi connectivity index (χ0) is 17.9. The molecule has 4 nitrogen and oxygen atoms in total. The lowest BCUT2D eigenvalue weighted by Crippen LogP contribution is -2.33. The first-order chi connectivity index (χ1) is 12.7. The monoisotopic (exact) mass is 471 g/mol. The molecule has 1 aromatic heterocycles. The molecule has 0 bridgehead atoms. The summed E-state index contributed by atoms with van der Waals surface area (Å²) < 4.78 is 7.02. The Morgan fingerprint density at radius 2 is 1.81 bits per heavy atom. The lowest BCUT2D eigenvalue weighted by Gasteiger charge is -2.28. The Kier molecular flexibility index (Phi) is 4.82. The van der Waals surface area contributed by atoms with E-state index in [4.69, 9.17) is 4.74 Å². The summed E-state index contributed by atoms with van der Waals surface area (Å²) in [6, 6.07) is 21.9. The number of rotatable bonds is 4. The van der Waals surface area contributed by atoms with Crippen LogP contribution in [-0.4, -0.2) is 6.54 Å². The number of benzene rings is 2. The van der Waals surface area contributed by atoms with Gasteiger partial charge in [0, 0.05) is 5.56 Å².